The van der Waals surface area contributed by atoms with Crippen molar-refractivity contribution in [2.45, 2.75) is 14.4 Å². The van der Waals surface area contributed by atoms with E-state index in [9.17, 15) is 21.9 Å². The lowest BCUT2D eigenvalue weighted by Crippen LogP contribution is -2.34. The summed E-state index contributed by atoms with van der Waals surface area (Å²) in [6.07, 6.45) is 0. The number of hydrogen-bond donors (Lipinski definition) is 1. The Morgan fingerprint density at radius 3 is 1.33 bits per heavy atom. The Bertz CT molecular complexity index is 727. The molecular formula is C14H14O5S2. The van der Waals surface area contributed by atoms with Crippen LogP contribution in [0, 0.1) is 0 Å². The molecule has 0 aliphatic heterocycles. The molecule has 0 unspecified atom stereocenters. The van der Waals surface area contributed by atoms with Crippen LogP contribution in [-0.2, 0) is 19.7 Å². The van der Waals surface area contributed by atoms with E-state index in [0.29, 0.717) is 0 Å². The van der Waals surface area contributed by atoms with Crippen LogP contribution in [0.4, 0.5) is 0 Å². The van der Waals surface area contributed by atoms with Gasteiger partial charge in [0.1, 0.15) is 0 Å². The second kappa shape index (κ2) is 5.97. The second-order valence-electron chi connectivity index (χ2n) is 4.33. The molecule has 0 saturated carbocycles. The summed E-state index contributed by atoms with van der Waals surface area (Å²) < 4.78 is 47.9. The first-order valence-electron chi connectivity index (χ1n) is 6.09. The van der Waals surface area contributed by atoms with Crippen molar-refractivity contribution in [1.82, 2.24) is 0 Å². The van der Waals surface area contributed by atoms with Crippen LogP contribution >= 0.6 is 0 Å². The molecule has 2 rings (SSSR count). The summed E-state index contributed by atoms with van der Waals surface area (Å²) in [6.45, 7) is -1.01. The van der Waals surface area contributed by atoms with E-state index in [1.54, 1.807) is 12.1 Å². The SMILES string of the molecule is O=S(=O)(c1ccccc1)C(CO)S(=O)(=O)c1ccccc1. The normalized spacial score (nSPS) is 12.5. The van der Waals surface area contributed by atoms with Gasteiger partial charge >= 0.3 is 0 Å². The zero-order valence-electron chi connectivity index (χ0n) is 11.0. The van der Waals surface area contributed by atoms with Crippen molar-refractivity contribution >= 4 is 19.7 Å². The van der Waals surface area contributed by atoms with Crippen LogP contribution in [0.25, 0.3) is 0 Å². The molecule has 0 aromatic heterocycles. The highest BCUT2D eigenvalue weighted by Crippen LogP contribution is 2.25. The average Bonchev–Trinajstić information content (AvgIpc) is 2.49. The molecule has 0 atom stereocenters. The van der Waals surface area contributed by atoms with Gasteiger partial charge in [0.15, 0.2) is 24.3 Å². The Hall–Kier alpha value is -1.70. The highest BCUT2D eigenvalue weighted by molar-refractivity contribution is 8.09. The van der Waals surface area contributed by atoms with Crippen LogP contribution in [0.5, 0.6) is 0 Å². The van der Waals surface area contributed by atoms with Crippen molar-refractivity contribution in [2.24, 2.45) is 0 Å². The first-order valence-corrected chi connectivity index (χ1v) is 9.18. The third-order valence-electron chi connectivity index (χ3n) is 2.98. The molecule has 0 saturated heterocycles. The molecule has 5 nitrogen and oxygen atoms in total. The minimum Gasteiger partial charge on any atom is -0.394 e. The summed E-state index contributed by atoms with van der Waals surface area (Å²) in [5.41, 5.74) is 0. The van der Waals surface area contributed by atoms with Gasteiger partial charge in [-0.1, -0.05) is 36.4 Å². The van der Waals surface area contributed by atoms with Gasteiger partial charge in [0.05, 0.1) is 16.4 Å². The van der Waals surface area contributed by atoms with E-state index < -0.39 is 30.9 Å². The predicted octanol–water partition coefficient (Wildman–Crippen LogP) is 1.25. The Balaban J connectivity index is 2.55. The lowest BCUT2D eigenvalue weighted by molar-refractivity contribution is 0.308. The molecule has 21 heavy (non-hydrogen) atoms. The van der Waals surface area contributed by atoms with E-state index in [2.05, 4.69) is 0 Å². The summed E-state index contributed by atoms with van der Waals surface area (Å²) in [7, 11) is -8.39. The fourth-order valence-electron chi connectivity index (χ4n) is 1.89. The molecule has 0 spiro atoms. The van der Waals surface area contributed by atoms with E-state index in [-0.39, 0.29) is 9.79 Å². The second-order valence-corrected chi connectivity index (χ2v) is 8.89. The Morgan fingerprint density at radius 2 is 1.05 bits per heavy atom. The molecule has 0 aliphatic carbocycles. The Labute approximate surface area is 123 Å². The van der Waals surface area contributed by atoms with Gasteiger partial charge < -0.3 is 5.11 Å². The number of sulfone groups is 2. The smallest absolute Gasteiger partial charge is 0.198 e. The topological polar surface area (TPSA) is 88.5 Å². The van der Waals surface area contributed by atoms with Crippen LogP contribution in [0.1, 0.15) is 0 Å². The maximum absolute atomic E-state index is 12.4. The van der Waals surface area contributed by atoms with Gasteiger partial charge in [0, 0.05) is 0 Å². The summed E-state index contributed by atoms with van der Waals surface area (Å²) in [5.74, 6) is 0. The molecule has 2 aromatic rings. The Morgan fingerprint density at radius 1 is 0.714 bits per heavy atom. The van der Waals surface area contributed by atoms with Gasteiger partial charge in [-0.25, -0.2) is 16.8 Å². The highest BCUT2D eigenvalue weighted by Gasteiger charge is 2.39. The van der Waals surface area contributed by atoms with E-state index >= 15 is 0 Å². The Kier molecular flexibility index (Phi) is 4.46. The molecule has 0 fully saturated rings. The molecule has 2 aromatic carbocycles. The van der Waals surface area contributed by atoms with Crippen LogP contribution in [-0.4, -0.2) is 33.1 Å². The van der Waals surface area contributed by atoms with E-state index in [4.69, 9.17) is 0 Å². The van der Waals surface area contributed by atoms with Gasteiger partial charge in [0.25, 0.3) is 0 Å². The minimum absolute atomic E-state index is 0.136. The van der Waals surface area contributed by atoms with Crippen LogP contribution in [0.3, 0.4) is 0 Å². The predicted molar refractivity (Wildman–Crippen MR) is 78.1 cm³/mol. The average molecular weight is 326 g/mol. The van der Waals surface area contributed by atoms with Gasteiger partial charge in [-0.05, 0) is 24.3 Å². The number of aliphatic hydroxyl groups is 1. The van der Waals surface area contributed by atoms with Gasteiger partial charge in [0.2, 0.25) is 0 Å². The summed E-state index contributed by atoms with van der Waals surface area (Å²) in [6, 6.07) is 14.4. The van der Waals surface area contributed by atoms with Crippen LogP contribution < -0.4 is 0 Å². The first-order chi connectivity index (χ1) is 9.90. The van der Waals surface area contributed by atoms with Crippen molar-refractivity contribution in [1.29, 1.82) is 0 Å². The van der Waals surface area contributed by atoms with Crippen molar-refractivity contribution in [3.05, 3.63) is 60.7 Å². The molecule has 0 bridgehead atoms. The zero-order chi connectivity index (χ0) is 15.5. The van der Waals surface area contributed by atoms with E-state index in [1.165, 1.54) is 48.5 Å². The summed E-state index contributed by atoms with van der Waals surface area (Å²) in [4.78, 5) is -0.271. The standard InChI is InChI=1S/C14H14O5S2/c15-11-14(20(16,17)12-7-3-1-4-8-12)21(18,19)13-9-5-2-6-10-13/h1-10,14-15H,11H2. The highest BCUT2D eigenvalue weighted by atomic mass is 32.3. The maximum Gasteiger partial charge on any atom is 0.198 e. The summed E-state index contributed by atoms with van der Waals surface area (Å²) in [5, 5.41) is 9.36. The van der Waals surface area contributed by atoms with Crippen molar-refractivity contribution in [3.8, 4) is 0 Å². The number of aliphatic hydroxyl groups excluding tert-OH is 1. The molecule has 0 aliphatic rings. The largest absolute Gasteiger partial charge is 0.394 e. The third-order valence-corrected chi connectivity index (χ3v) is 8.05. The first kappa shape index (κ1) is 15.7. The molecule has 1 N–H and O–H groups in total. The molecule has 0 heterocycles. The minimum atomic E-state index is -4.19. The molecule has 0 amide bonds. The number of hydrogen-bond acceptors (Lipinski definition) is 5. The van der Waals surface area contributed by atoms with Gasteiger partial charge in [-0.2, -0.15) is 0 Å². The fourth-order valence-corrected chi connectivity index (χ4v) is 5.96. The molecule has 0 radical (unpaired) electrons. The van der Waals surface area contributed by atoms with Gasteiger partial charge in [-0.3, -0.25) is 0 Å². The quantitative estimate of drug-likeness (QED) is 0.893. The lowest BCUT2D eigenvalue weighted by Gasteiger charge is -2.16. The number of rotatable bonds is 5. The van der Waals surface area contributed by atoms with Gasteiger partial charge in [-0.15, -0.1) is 0 Å². The van der Waals surface area contributed by atoms with E-state index in [1.807, 2.05) is 0 Å². The molecule has 112 valence electrons. The maximum atomic E-state index is 12.4. The zero-order valence-corrected chi connectivity index (χ0v) is 12.6. The van der Waals surface area contributed by atoms with Crippen LogP contribution in [0.15, 0.2) is 70.5 Å². The van der Waals surface area contributed by atoms with Crippen LogP contribution in [0.2, 0.25) is 0 Å². The lowest BCUT2D eigenvalue weighted by atomic mass is 10.4. The van der Waals surface area contributed by atoms with Crippen molar-refractivity contribution < 1.29 is 21.9 Å². The number of benzene rings is 2. The monoisotopic (exact) mass is 326 g/mol. The summed E-state index contributed by atoms with van der Waals surface area (Å²) >= 11 is 0. The van der Waals surface area contributed by atoms with Crippen molar-refractivity contribution in [2.75, 3.05) is 6.61 Å². The van der Waals surface area contributed by atoms with Crippen molar-refractivity contribution in [3.63, 3.8) is 0 Å². The van der Waals surface area contributed by atoms with E-state index in [0.717, 1.165) is 0 Å². The molecular weight excluding hydrogens is 312 g/mol. The fraction of sp³-hybridized carbons (Fsp3) is 0.143. The molecule has 7 heteroatoms. The third kappa shape index (κ3) is 2.99.